The molecule has 0 aliphatic rings. The predicted octanol–water partition coefficient (Wildman–Crippen LogP) is 2.09. The summed E-state index contributed by atoms with van der Waals surface area (Å²) in [4.78, 5) is 7.69. The molecule has 4 N–H and O–H groups in total. The topological polar surface area (TPSA) is 110 Å². The zero-order valence-electron chi connectivity index (χ0n) is 9.84. The fourth-order valence-electron chi connectivity index (χ4n) is 1.39. The van der Waals surface area contributed by atoms with E-state index >= 15 is 0 Å². The van der Waals surface area contributed by atoms with Crippen molar-refractivity contribution in [1.29, 1.82) is 0 Å². The lowest BCUT2D eigenvalue weighted by Gasteiger charge is -2.12. The number of anilines is 2. The molecule has 0 unspecified atom stereocenters. The first kappa shape index (κ1) is 15.2. The Balaban J connectivity index is 2.46. The Morgan fingerprint density at radius 3 is 2.65 bits per heavy atom. The molecule has 10 heteroatoms. The summed E-state index contributed by atoms with van der Waals surface area (Å²) in [5.41, 5.74) is 2.62. The number of sulfonamides is 1. The van der Waals surface area contributed by atoms with E-state index in [-0.39, 0.29) is 10.7 Å². The van der Waals surface area contributed by atoms with Crippen molar-refractivity contribution >= 4 is 53.4 Å². The first-order valence-electron chi connectivity index (χ1n) is 5.18. The Labute approximate surface area is 132 Å². The molecule has 0 spiro atoms. The van der Waals surface area contributed by atoms with E-state index in [2.05, 4.69) is 52.0 Å². The smallest absolute Gasteiger partial charge is 0.265 e. The number of hydrogen-bond donors (Lipinski definition) is 3. The third-order valence-electron chi connectivity index (χ3n) is 2.26. The van der Waals surface area contributed by atoms with Gasteiger partial charge in [-0.1, -0.05) is 0 Å². The van der Waals surface area contributed by atoms with Crippen molar-refractivity contribution in [2.24, 2.45) is 5.84 Å². The van der Waals surface area contributed by atoms with E-state index in [1.165, 1.54) is 30.7 Å². The highest BCUT2D eigenvalue weighted by Crippen LogP contribution is 2.27. The van der Waals surface area contributed by atoms with Gasteiger partial charge in [0.25, 0.3) is 10.0 Å². The van der Waals surface area contributed by atoms with Gasteiger partial charge in [-0.2, -0.15) is 0 Å². The SMILES string of the molecule is NNc1ncc(Br)cc1S(=O)(=O)Nc1ccncc1Br. The highest BCUT2D eigenvalue weighted by molar-refractivity contribution is 9.10. The zero-order chi connectivity index (χ0) is 14.8. The van der Waals surface area contributed by atoms with Gasteiger partial charge in [-0.3, -0.25) is 9.71 Å². The minimum absolute atomic E-state index is 0.0471. The molecule has 0 aliphatic carbocycles. The van der Waals surface area contributed by atoms with Crippen LogP contribution in [0.4, 0.5) is 11.5 Å². The van der Waals surface area contributed by atoms with Crippen molar-refractivity contribution in [3.63, 3.8) is 0 Å². The first-order valence-corrected chi connectivity index (χ1v) is 8.25. The van der Waals surface area contributed by atoms with Crippen LogP contribution >= 0.6 is 31.9 Å². The van der Waals surface area contributed by atoms with Crippen LogP contribution in [0.5, 0.6) is 0 Å². The van der Waals surface area contributed by atoms with Crippen LogP contribution in [0.1, 0.15) is 0 Å². The lowest BCUT2D eigenvalue weighted by molar-refractivity contribution is 0.601. The molecule has 0 saturated heterocycles. The van der Waals surface area contributed by atoms with Gasteiger partial charge in [-0.25, -0.2) is 19.2 Å². The predicted molar refractivity (Wildman–Crippen MR) is 82.5 cm³/mol. The summed E-state index contributed by atoms with van der Waals surface area (Å²) >= 11 is 6.39. The number of nitrogens with two attached hydrogens (primary N) is 1. The fourth-order valence-corrected chi connectivity index (χ4v) is 3.58. The van der Waals surface area contributed by atoms with Crippen LogP contribution in [0.3, 0.4) is 0 Å². The molecular weight excluding hydrogens is 414 g/mol. The Morgan fingerprint density at radius 1 is 1.25 bits per heavy atom. The molecule has 0 bridgehead atoms. The Kier molecular flexibility index (Phi) is 4.58. The monoisotopic (exact) mass is 421 g/mol. The van der Waals surface area contributed by atoms with E-state index < -0.39 is 10.0 Å². The molecule has 2 aromatic heterocycles. The van der Waals surface area contributed by atoms with Crippen molar-refractivity contribution in [3.05, 3.63) is 39.7 Å². The lowest BCUT2D eigenvalue weighted by atomic mass is 10.4. The largest absolute Gasteiger partial charge is 0.307 e. The van der Waals surface area contributed by atoms with E-state index in [9.17, 15) is 8.42 Å². The van der Waals surface area contributed by atoms with Crippen LogP contribution in [0.15, 0.2) is 44.6 Å². The molecule has 2 heterocycles. The Hall–Kier alpha value is -1.23. The quantitative estimate of drug-likeness (QED) is 0.514. The van der Waals surface area contributed by atoms with Gasteiger partial charge in [-0.05, 0) is 44.0 Å². The third kappa shape index (κ3) is 3.26. The number of hydrazine groups is 1. The maximum atomic E-state index is 12.4. The van der Waals surface area contributed by atoms with Gasteiger partial charge in [0.2, 0.25) is 0 Å². The molecule has 0 amide bonds. The molecule has 0 radical (unpaired) electrons. The summed E-state index contributed by atoms with van der Waals surface area (Å²) in [5.74, 6) is 5.33. The van der Waals surface area contributed by atoms with Gasteiger partial charge in [0.1, 0.15) is 4.90 Å². The van der Waals surface area contributed by atoms with Crippen LogP contribution < -0.4 is 16.0 Å². The second-order valence-electron chi connectivity index (χ2n) is 3.61. The summed E-state index contributed by atoms with van der Waals surface area (Å²) < 4.78 is 28.2. The van der Waals surface area contributed by atoms with Gasteiger partial charge in [0.15, 0.2) is 5.82 Å². The average Bonchev–Trinajstić information content (AvgIpc) is 2.41. The van der Waals surface area contributed by atoms with Gasteiger partial charge in [0.05, 0.1) is 10.2 Å². The number of hydrogen-bond acceptors (Lipinski definition) is 6. The first-order chi connectivity index (χ1) is 9.44. The fraction of sp³-hybridized carbons (Fsp3) is 0. The molecule has 7 nitrogen and oxygen atoms in total. The van der Waals surface area contributed by atoms with Gasteiger partial charge < -0.3 is 5.43 Å². The molecular formula is C10H9Br2N5O2S. The van der Waals surface area contributed by atoms with Gasteiger partial charge >= 0.3 is 0 Å². The van der Waals surface area contributed by atoms with Crippen LogP contribution in [-0.2, 0) is 10.0 Å². The highest BCUT2D eigenvalue weighted by Gasteiger charge is 2.21. The normalized spacial score (nSPS) is 11.2. The van der Waals surface area contributed by atoms with E-state index in [1.54, 1.807) is 0 Å². The molecule has 0 saturated carbocycles. The molecule has 0 aromatic carbocycles. The van der Waals surface area contributed by atoms with E-state index in [1.807, 2.05) is 0 Å². The molecule has 2 rings (SSSR count). The maximum Gasteiger partial charge on any atom is 0.265 e. The number of halogens is 2. The molecule has 0 fully saturated rings. The number of nitrogens with one attached hydrogen (secondary N) is 2. The number of rotatable bonds is 4. The summed E-state index contributed by atoms with van der Waals surface area (Å²) in [5, 5.41) is 0. The number of aromatic nitrogens is 2. The molecule has 20 heavy (non-hydrogen) atoms. The third-order valence-corrected chi connectivity index (χ3v) is 4.71. The van der Waals surface area contributed by atoms with E-state index in [4.69, 9.17) is 5.84 Å². The molecule has 2 aromatic rings. The summed E-state index contributed by atoms with van der Waals surface area (Å²) in [7, 11) is -3.84. The van der Waals surface area contributed by atoms with Gasteiger partial charge in [0, 0.05) is 23.1 Å². The lowest BCUT2D eigenvalue weighted by Crippen LogP contribution is -2.19. The van der Waals surface area contributed by atoms with E-state index in [0.717, 1.165) is 0 Å². The maximum absolute atomic E-state index is 12.4. The summed E-state index contributed by atoms with van der Waals surface area (Å²) in [6, 6.07) is 2.93. The number of nitrogen functional groups attached to an aromatic ring is 1. The van der Waals surface area contributed by atoms with Crippen molar-refractivity contribution in [2.75, 3.05) is 10.1 Å². The standard InChI is InChI=1S/C10H9Br2N5O2S/c11-6-3-9(10(16-13)15-4-6)20(18,19)17-8-1-2-14-5-7(8)12/h1-5H,13H2,(H,14,17)(H,15,16). The van der Waals surface area contributed by atoms with Crippen LogP contribution in [0.2, 0.25) is 0 Å². The zero-order valence-corrected chi connectivity index (χ0v) is 13.8. The molecule has 0 aliphatic heterocycles. The van der Waals surface area contributed by atoms with Gasteiger partial charge in [-0.15, -0.1) is 0 Å². The summed E-state index contributed by atoms with van der Waals surface area (Å²) in [6.07, 6.45) is 4.40. The highest BCUT2D eigenvalue weighted by atomic mass is 79.9. The Bertz CT molecular complexity index is 738. The van der Waals surface area contributed by atoms with Crippen LogP contribution in [-0.4, -0.2) is 18.4 Å². The van der Waals surface area contributed by atoms with Crippen LogP contribution in [0.25, 0.3) is 0 Å². The molecule has 106 valence electrons. The number of nitrogens with zero attached hydrogens (tertiary/aromatic N) is 2. The second-order valence-corrected chi connectivity index (χ2v) is 7.03. The average molecular weight is 423 g/mol. The van der Waals surface area contributed by atoms with Crippen molar-refractivity contribution in [3.8, 4) is 0 Å². The minimum atomic E-state index is -3.84. The second kappa shape index (κ2) is 6.04. The van der Waals surface area contributed by atoms with Crippen molar-refractivity contribution < 1.29 is 8.42 Å². The summed E-state index contributed by atoms with van der Waals surface area (Å²) in [6.45, 7) is 0. The van der Waals surface area contributed by atoms with Crippen molar-refractivity contribution in [2.45, 2.75) is 4.90 Å². The molecule has 0 atom stereocenters. The van der Waals surface area contributed by atoms with Crippen LogP contribution in [0, 0.1) is 0 Å². The number of pyridine rings is 2. The minimum Gasteiger partial charge on any atom is -0.307 e. The Morgan fingerprint density at radius 2 is 2.00 bits per heavy atom. The van der Waals surface area contributed by atoms with Crippen molar-refractivity contribution in [1.82, 2.24) is 9.97 Å². The van der Waals surface area contributed by atoms with E-state index in [0.29, 0.717) is 14.6 Å².